The van der Waals surface area contributed by atoms with E-state index in [1.54, 1.807) is 0 Å². The molecule has 0 heterocycles. The van der Waals surface area contributed by atoms with Gasteiger partial charge in [-0.25, -0.2) is 4.39 Å². The molecule has 1 rings (SSSR count). The van der Waals surface area contributed by atoms with Crippen molar-refractivity contribution in [2.24, 2.45) is 0 Å². The number of aliphatic carboxylic acids is 1. The number of nitrogens with zero attached hydrogens (tertiary/aromatic N) is 1. The fourth-order valence-electron chi connectivity index (χ4n) is 1.23. The van der Waals surface area contributed by atoms with Crippen molar-refractivity contribution in [3.63, 3.8) is 0 Å². The average Bonchev–Trinajstić information content (AvgIpc) is 2.38. The van der Waals surface area contributed by atoms with Crippen LogP contribution >= 0.6 is 0 Å². The molecule has 0 aliphatic heterocycles. The molecular weight excluding hydrogens is 278 g/mol. The van der Waals surface area contributed by atoms with E-state index in [1.807, 2.05) is 0 Å². The van der Waals surface area contributed by atoms with Crippen LogP contribution in [0.1, 0.15) is 6.92 Å². The highest BCUT2D eigenvalue weighted by Gasteiger charge is 2.33. The summed E-state index contributed by atoms with van der Waals surface area (Å²) in [5.41, 5.74) is -2.53. The molecule has 0 bridgehead atoms. The monoisotopic (exact) mass is 290 g/mol. The molecule has 0 aromatic heterocycles. The molecule has 7 nitrogen and oxygen atoms in total. The summed E-state index contributed by atoms with van der Waals surface area (Å²) >= 11 is 0. The third-order valence-corrected chi connectivity index (χ3v) is 2.74. The first kappa shape index (κ1) is 15.8. The van der Waals surface area contributed by atoms with E-state index in [0.29, 0.717) is 12.1 Å². The Balaban J connectivity index is 2.97. The Hall–Kier alpha value is -2.29. The standard InChI is InChI=1S/C11H12F2N2O5/c1-11(14-2,10(16)17)5-20-9-4-6(12)8(15(18)19)3-7(9)13/h3-4,14H,5H2,1-2H3,(H,16,17). The maximum atomic E-state index is 13.5. The van der Waals surface area contributed by atoms with Crippen LogP contribution < -0.4 is 10.1 Å². The smallest absolute Gasteiger partial charge is 0.327 e. The number of ether oxygens (including phenoxy) is 1. The zero-order valence-corrected chi connectivity index (χ0v) is 10.6. The van der Waals surface area contributed by atoms with E-state index < -0.39 is 46.1 Å². The van der Waals surface area contributed by atoms with Gasteiger partial charge in [-0.1, -0.05) is 0 Å². The zero-order chi connectivity index (χ0) is 15.5. The topological polar surface area (TPSA) is 102 Å². The van der Waals surface area contributed by atoms with Gasteiger partial charge in [0.1, 0.15) is 12.1 Å². The molecule has 20 heavy (non-hydrogen) atoms. The zero-order valence-electron chi connectivity index (χ0n) is 10.6. The SMILES string of the molecule is CNC(C)(COc1cc(F)c([N+](=O)[O-])cc1F)C(=O)O. The Morgan fingerprint density at radius 2 is 2.10 bits per heavy atom. The van der Waals surface area contributed by atoms with Crippen LogP contribution in [0.2, 0.25) is 0 Å². The summed E-state index contributed by atoms with van der Waals surface area (Å²) in [4.78, 5) is 20.3. The lowest BCUT2D eigenvalue weighted by molar-refractivity contribution is -0.387. The number of nitro benzene ring substituents is 1. The third kappa shape index (κ3) is 3.18. The van der Waals surface area contributed by atoms with E-state index in [0.717, 1.165) is 0 Å². The van der Waals surface area contributed by atoms with Gasteiger partial charge in [-0.05, 0) is 14.0 Å². The highest BCUT2D eigenvalue weighted by Crippen LogP contribution is 2.26. The second-order valence-electron chi connectivity index (χ2n) is 4.17. The van der Waals surface area contributed by atoms with Gasteiger partial charge in [0, 0.05) is 6.07 Å². The number of nitro groups is 1. The van der Waals surface area contributed by atoms with Crippen LogP contribution in [-0.4, -0.2) is 35.2 Å². The first-order chi connectivity index (χ1) is 9.21. The van der Waals surface area contributed by atoms with Crippen LogP contribution in [0.4, 0.5) is 14.5 Å². The summed E-state index contributed by atoms with van der Waals surface area (Å²) < 4.78 is 31.7. The average molecular weight is 290 g/mol. The molecule has 0 fully saturated rings. The predicted octanol–water partition coefficient (Wildman–Crippen LogP) is 1.31. The fourth-order valence-corrected chi connectivity index (χ4v) is 1.23. The summed E-state index contributed by atoms with van der Waals surface area (Å²) in [6.07, 6.45) is 0. The van der Waals surface area contributed by atoms with E-state index in [4.69, 9.17) is 9.84 Å². The maximum absolute atomic E-state index is 13.5. The van der Waals surface area contributed by atoms with Crippen molar-refractivity contribution in [1.82, 2.24) is 5.32 Å². The van der Waals surface area contributed by atoms with Gasteiger partial charge < -0.3 is 15.2 Å². The third-order valence-electron chi connectivity index (χ3n) is 2.74. The Morgan fingerprint density at radius 1 is 1.50 bits per heavy atom. The largest absolute Gasteiger partial charge is 0.488 e. The minimum absolute atomic E-state index is 0.377. The molecule has 0 amide bonds. The molecule has 0 radical (unpaired) electrons. The number of rotatable bonds is 6. The number of carboxylic acid groups (broad SMARTS) is 1. The molecule has 110 valence electrons. The van der Waals surface area contributed by atoms with Crippen molar-refractivity contribution in [3.8, 4) is 5.75 Å². The minimum Gasteiger partial charge on any atom is -0.488 e. The Labute approximate surface area is 112 Å². The summed E-state index contributed by atoms with van der Waals surface area (Å²) in [6.45, 7) is 0.794. The van der Waals surface area contributed by atoms with Gasteiger partial charge >= 0.3 is 11.7 Å². The van der Waals surface area contributed by atoms with Crippen LogP contribution in [0.25, 0.3) is 0 Å². The van der Waals surface area contributed by atoms with Crippen LogP contribution in [0.15, 0.2) is 12.1 Å². The second-order valence-corrected chi connectivity index (χ2v) is 4.17. The van der Waals surface area contributed by atoms with E-state index in [1.165, 1.54) is 14.0 Å². The van der Waals surface area contributed by atoms with Gasteiger partial charge in [0.05, 0.1) is 11.0 Å². The molecule has 1 unspecified atom stereocenters. The van der Waals surface area contributed by atoms with E-state index in [2.05, 4.69) is 5.32 Å². The van der Waals surface area contributed by atoms with Crippen LogP contribution in [-0.2, 0) is 4.79 Å². The van der Waals surface area contributed by atoms with Crippen LogP contribution in [0.5, 0.6) is 5.75 Å². The highest BCUT2D eigenvalue weighted by molar-refractivity contribution is 5.78. The Bertz CT molecular complexity index is 552. The summed E-state index contributed by atoms with van der Waals surface area (Å²) in [7, 11) is 1.37. The van der Waals surface area contributed by atoms with Crippen LogP contribution in [0, 0.1) is 21.7 Å². The Kier molecular flexibility index (Phi) is 4.56. The van der Waals surface area contributed by atoms with E-state index in [-0.39, 0.29) is 0 Å². The molecule has 0 aliphatic rings. The Morgan fingerprint density at radius 3 is 2.55 bits per heavy atom. The lowest BCUT2D eigenvalue weighted by atomic mass is 10.1. The van der Waals surface area contributed by atoms with Crippen molar-refractivity contribution in [1.29, 1.82) is 0 Å². The van der Waals surface area contributed by atoms with Gasteiger partial charge in [-0.3, -0.25) is 14.9 Å². The van der Waals surface area contributed by atoms with Gasteiger partial charge in [-0.2, -0.15) is 4.39 Å². The number of benzene rings is 1. The molecule has 1 aromatic carbocycles. The second kappa shape index (κ2) is 5.78. The minimum atomic E-state index is -1.51. The summed E-state index contributed by atoms with van der Waals surface area (Å²) in [5, 5.41) is 21.8. The quantitative estimate of drug-likeness (QED) is 0.605. The fraction of sp³-hybridized carbons (Fsp3) is 0.364. The van der Waals surface area contributed by atoms with Crippen molar-refractivity contribution < 1.29 is 28.3 Å². The summed E-state index contributed by atoms with van der Waals surface area (Å²) in [6, 6.07) is 0.882. The lowest BCUT2D eigenvalue weighted by Crippen LogP contribution is -2.52. The van der Waals surface area contributed by atoms with Crippen molar-refractivity contribution in [2.45, 2.75) is 12.5 Å². The van der Waals surface area contributed by atoms with Gasteiger partial charge in [0.25, 0.3) is 0 Å². The molecular formula is C11H12F2N2O5. The van der Waals surface area contributed by atoms with Crippen LogP contribution in [0.3, 0.4) is 0 Å². The molecule has 2 N–H and O–H groups in total. The molecule has 0 spiro atoms. The summed E-state index contributed by atoms with van der Waals surface area (Å²) in [5.74, 6) is -4.27. The first-order valence-electron chi connectivity index (χ1n) is 5.40. The first-order valence-corrected chi connectivity index (χ1v) is 5.40. The van der Waals surface area contributed by atoms with E-state index >= 15 is 0 Å². The number of carboxylic acids is 1. The number of hydrogen-bond donors (Lipinski definition) is 2. The van der Waals surface area contributed by atoms with Gasteiger partial charge in [0.2, 0.25) is 5.82 Å². The normalized spacial score (nSPS) is 13.6. The number of halogens is 2. The van der Waals surface area contributed by atoms with Crippen molar-refractivity contribution in [3.05, 3.63) is 33.9 Å². The number of hydrogen-bond acceptors (Lipinski definition) is 5. The number of likely N-dealkylation sites (N-methyl/N-ethyl adjacent to an activating group) is 1. The predicted molar refractivity (Wildman–Crippen MR) is 63.6 cm³/mol. The van der Waals surface area contributed by atoms with Gasteiger partial charge in [0.15, 0.2) is 11.6 Å². The molecule has 1 atom stereocenters. The lowest BCUT2D eigenvalue weighted by Gasteiger charge is -2.24. The molecule has 9 heteroatoms. The van der Waals surface area contributed by atoms with Crippen molar-refractivity contribution >= 4 is 11.7 Å². The molecule has 0 saturated heterocycles. The number of carbonyl (C=O) groups is 1. The molecule has 0 aliphatic carbocycles. The van der Waals surface area contributed by atoms with E-state index in [9.17, 15) is 23.7 Å². The maximum Gasteiger partial charge on any atom is 0.327 e. The van der Waals surface area contributed by atoms with Crippen molar-refractivity contribution in [2.75, 3.05) is 13.7 Å². The molecule has 1 aromatic rings. The number of nitrogens with one attached hydrogen (secondary N) is 1. The molecule has 0 saturated carbocycles. The highest BCUT2D eigenvalue weighted by atomic mass is 19.1. The van der Waals surface area contributed by atoms with Gasteiger partial charge in [-0.15, -0.1) is 0 Å².